The van der Waals surface area contributed by atoms with E-state index in [0.29, 0.717) is 11.3 Å². The first kappa shape index (κ1) is 14.8. The lowest BCUT2D eigenvalue weighted by atomic mass is 10.1. The van der Waals surface area contributed by atoms with Crippen LogP contribution in [0.3, 0.4) is 0 Å². The quantitative estimate of drug-likeness (QED) is 0.863. The van der Waals surface area contributed by atoms with E-state index in [0.717, 1.165) is 17.3 Å². The van der Waals surface area contributed by atoms with Gasteiger partial charge in [0.15, 0.2) is 0 Å². The van der Waals surface area contributed by atoms with Crippen LogP contribution in [0.2, 0.25) is 0 Å². The molecule has 3 nitrogen and oxygen atoms in total. The fourth-order valence-electron chi connectivity index (χ4n) is 1.97. The molecule has 0 saturated carbocycles. The van der Waals surface area contributed by atoms with E-state index in [4.69, 9.17) is 5.11 Å². The van der Waals surface area contributed by atoms with E-state index in [2.05, 4.69) is 0 Å². The average molecular weight is 285 g/mol. The molecule has 108 valence electrons. The van der Waals surface area contributed by atoms with Gasteiger partial charge in [0.2, 0.25) is 0 Å². The average Bonchev–Trinajstić information content (AvgIpc) is 2.44. The fourth-order valence-corrected chi connectivity index (χ4v) is 1.97. The van der Waals surface area contributed by atoms with Crippen LogP contribution in [0.1, 0.15) is 11.1 Å². The second-order valence-electron chi connectivity index (χ2n) is 4.81. The Kier molecular flexibility index (Phi) is 4.38. The summed E-state index contributed by atoms with van der Waals surface area (Å²) >= 11 is 0. The molecule has 0 amide bonds. The number of benzene rings is 2. The van der Waals surface area contributed by atoms with Gasteiger partial charge >= 0.3 is 5.97 Å². The highest BCUT2D eigenvalue weighted by Crippen LogP contribution is 2.26. The highest BCUT2D eigenvalue weighted by molar-refractivity contribution is 5.85. The Balaban J connectivity index is 2.34. The maximum atomic E-state index is 13.7. The molecule has 1 N–H and O–H groups in total. The Morgan fingerprint density at radius 3 is 2.43 bits per heavy atom. The summed E-state index contributed by atoms with van der Waals surface area (Å²) < 4.78 is 13.7. The number of carboxylic acid groups (broad SMARTS) is 1. The number of hydrogen-bond acceptors (Lipinski definition) is 2. The summed E-state index contributed by atoms with van der Waals surface area (Å²) in [7, 11) is 1.84. The van der Waals surface area contributed by atoms with E-state index in [1.54, 1.807) is 6.07 Å². The van der Waals surface area contributed by atoms with Gasteiger partial charge in [0, 0.05) is 24.5 Å². The molecule has 0 aliphatic carbocycles. The first-order valence-electron chi connectivity index (χ1n) is 6.48. The first-order valence-corrected chi connectivity index (χ1v) is 6.48. The second-order valence-corrected chi connectivity index (χ2v) is 4.81. The van der Waals surface area contributed by atoms with Gasteiger partial charge in [-0.3, -0.25) is 0 Å². The topological polar surface area (TPSA) is 40.5 Å². The number of halogens is 1. The van der Waals surface area contributed by atoms with Gasteiger partial charge < -0.3 is 10.0 Å². The zero-order valence-electron chi connectivity index (χ0n) is 11.9. The third kappa shape index (κ3) is 3.92. The molecule has 0 spiro atoms. The molecule has 0 bridgehead atoms. The molecular weight excluding hydrogens is 269 g/mol. The monoisotopic (exact) mass is 285 g/mol. The minimum Gasteiger partial charge on any atom is -0.478 e. The van der Waals surface area contributed by atoms with E-state index < -0.39 is 11.8 Å². The van der Waals surface area contributed by atoms with Crippen molar-refractivity contribution in [3.05, 3.63) is 65.5 Å². The molecule has 2 aromatic carbocycles. The standard InChI is InChI=1S/C17H16FNO2/c1-12-3-6-15(7-4-12)19(2)16-10-13(5-8-17(20)21)9-14(18)11-16/h3-11H,1-2H3,(H,20,21)/b8-5+. The summed E-state index contributed by atoms with van der Waals surface area (Å²) in [6, 6.07) is 12.3. The van der Waals surface area contributed by atoms with E-state index in [-0.39, 0.29) is 0 Å². The van der Waals surface area contributed by atoms with Gasteiger partial charge in [0.1, 0.15) is 5.82 Å². The molecule has 0 unspecified atom stereocenters. The molecule has 0 fully saturated rings. The minimum absolute atomic E-state index is 0.406. The number of nitrogens with zero attached hydrogens (tertiary/aromatic N) is 1. The van der Waals surface area contributed by atoms with Crippen LogP contribution in [0.25, 0.3) is 6.08 Å². The predicted molar refractivity (Wildman–Crippen MR) is 82.3 cm³/mol. The predicted octanol–water partition coefficient (Wildman–Crippen LogP) is 4.00. The Morgan fingerprint density at radius 1 is 1.14 bits per heavy atom. The number of carbonyl (C=O) groups is 1. The number of aliphatic carboxylic acids is 1. The molecule has 2 rings (SSSR count). The van der Waals surface area contributed by atoms with Crippen LogP contribution in [-0.2, 0) is 4.79 Å². The molecule has 0 heterocycles. The van der Waals surface area contributed by atoms with E-state index in [1.165, 1.54) is 18.2 Å². The SMILES string of the molecule is Cc1ccc(N(C)c2cc(F)cc(/C=C/C(=O)O)c2)cc1. The Bertz CT molecular complexity index is 678. The molecule has 0 atom stereocenters. The summed E-state index contributed by atoms with van der Waals surface area (Å²) in [4.78, 5) is 12.4. The summed E-state index contributed by atoms with van der Waals surface area (Å²) in [5.74, 6) is -1.47. The van der Waals surface area contributed by atoms with Crippen molar-refractivity contribution in [2.75, 3.05) is 11.9 Å². The van der Waals surface area contributed by atoms with Crippen molar-refractivity contribution >= 4 is 23.4 Å². The minimum atomic E-state index is -1.06. The van der Waals surface area contributed by atoms with Gasteiger partial charge in [-0.15, -0.1) is 0 Å². The molecule has 0 aromatic heterocycles. The molecule has 2 aromatic rings. The van der Waals surface area contributed by atoms with Gasteiger partial charge in [0.25, 0.3) is 0 Å². The highest BCUT2D eigenvalue weighted by atomic mass is 19.1. The third-order valence-corrected chi connectivity index (χ3v) is 3.13. The van der Waals surface area contributed by atoms with Crippen LogP contribution in [0.4, 0.5) is 15.8 Å². The van der Waals surface area contributed by atoms with Crippen LogP contribution in [-0.4, -0.2) is 18.1 Å². The molecule has 0 aliphatic rings. The summed E-state index contributed by atoms with van der Waals surface area (Å²) in [6.45, 7) is 2.00. The second kappa shape index (κ2) is 6.22. The summed E-state index contributed by atoms with van der Waals surface area (Å²) in [5.41, 5.74) is 3.24. The van der Waals surface area contributed by atoms with Crippen molar-refractivity contribution in [1.82, 2.24) is 0 Å². The first-order chi connectivity index (χ1) is 9.95. The van der Waals surface area contributed by atoms with Crippen molar-refractivity contribution in [2.24, 2.45) is 0 Å². The fraction of sp³-hybridized carbons (Fsp3) is 0.118. The van der Waals surface area contributed by atoms with E-state index in [1.807, 2.05) is 43.1 Å². The Hall–Kier alpha value is -2.62. The third-order valence-electron chi connectivity index (χ3n) is 3.13. The molecule has 0 saturated heterocycles. The van der Waals surface area contributed by atoms with Crippen LogP contribution < -0.4 is 4.90 Å². The van der Waals surface area contributed by atoms with E-state index in [9.17, 15) is 9.18 Å². The molecule has 4 heteroatoms. The largest absolute Gasteiger partial charge is 0.478 e. The zero-order valence-corrected chi connectivity index (χ0v) is 11.9. The smallest absolute Gasteiger partial charge is 0.328 e. The van der Waals surface area contributed by atoms with Crippen molar-refractivity contribution in [2.45, 2.75) is 6.92 Å². The number of hydrogen-bond donors (Lipinski definition) is 1. The van der Waals surface area contributed by atoms with Crippen molar-refractivity contribution in [3.63, 3.8) is 0 Å². The van der Waals surface area contributed by atoms with Gasteiger partial charge in [-0.2, -0.15) is 0 Å². The van der Waals surface area contributed by atoms with E-state index >= 15 is 0 Å². The van der Waals surface area contributed by atoms with Gasteiger partial charge in [-0.25, -0.2) is 9.18 Å². The van der Waals surface area contributed by atoms with Gasteiger partial charge in [0.05, 0.1) is 0 Å². The maximum absolute atomic E-state index is 13.7. The maximum Gasteiger partial charge on any atom is 0.328 e. The number of rotatable bonds is 4. The van der Waals surface area contributed by atoms with Crippen LogP contribution >= 0.6 is 0 Å². The zero-order chi connectivity index (χ0) is 15.4. The Morgan fingerprint density at radius 2 is 1.81 bits per heavy atom. The van der Waals surface area contributed by atoms with Crippen LogP contribution in [0.5, 0.6) is 0 Å². The molecule has 0 radical (unpaired) electrons. The molecule has 0 aliphatic heterocycles. The summed E-state index contributed by atoms with van der Waals surface area (Å²) in [5, 5.41) is 8.64. The lowest BCUT2D eigenvalue weighted by Crippen LogP contribution is -2.09. The normalized spacial score (nSPS) is 10.8. The number of anilines is 2. The van der Waals surface area contributed by atoms with Gasteiger partial charge in [-0.1, -0.05) is 17.7 Å². The highest BCUT2D eigenvalue weighted by Gasteiger charge is 2.06. The molecule has 21 heavy (non-hydrogen) atoms. The number of aryl methyl sites for hydroxylation is 1. The van der Waals surface area contributed by atoms with Crippen molar-refractivity contribution < 1.29 is 14.3 Å². The Labute approximate surface area is 123 Å². The summed E-state index contributed by atoms with van der Waals surface area (Å²) in [6.07, 6.45) is 2.36. The van der Waals surface area contributed by atoms with Crippen molar-refractivity contribution in [3.8, 4) is 0 Å². The van der Waals surface area contributed by atoms with Crippen molar-refractivity contribution in [1.29, 1.82) is 0 Å². The van der Waals surface area contributed by atoms with Crippen LogP contribution in [0.15, 0.2) is 48.5 Å². The molecular formula is C17H16FNO2. The van der Waals surface area contributed by atoms with Gasteiger partial charge in [-0.05, 0) is 48.9 Å². The lowest BCUT2D eigenvalue weighted by molar-refractivity contribution is -0.131. The number of carboxylic acids is 1. The van der Waals surface area contributed by atoms with Crippen LogP contribution in [0, 0.1) is 12.7 Å². The lowest BCUT2D eigenvalue weighted by Gasteiger charge is -2.20.